The van der Waals surface area contributed by atoms with Crippen LogP contribution in [0.4, 0.5) is 0 Å². The van der Waals surface area contributed by atoms with E-state index in [4.69, 9.17) is 5.26 Å². The number of nitrogens with zero attached hydrogens (tertiary/aromatic N) is 2. The van der Waals surface area contributed by atoms with Crippen molar-refractivity contribution in [2.45, 2.75) is 17.7 Å². The van der Waals surface area contributed by atoms with Crippen molar-refractivity contribution in [2.75, 3.05) is 7.05 Å². The van der Waals surface area contributed by atoms with Gasteiger partial charge in [-0.2, -0.15) is 9.57 Å². The summed E-state index contributed by atoms with van der Waals surface area (Å²) in [5.74, 6) is 0. The van der Waals surface area contributed by atoms with Crippen molar-refractivity contribution in [3.63, 3.8) is 0 Å². The molecule has 0 aliphatic carbocycles. The Labute approximate surface area is 136 Å². The first-order chi connectivity index (χ1) is 9.84. The minimum absolute atomic E-state index is 0.266. The van der Waals surface area contributed by atoms with Gasteiger partial charge in [-0.1, -0.05) is 12.1 Å². The highest BCUT2D eigenvalue weighted by Crippen LogP contribution is 2.32. The molecule has 0 aliphatic rings. The number of hydrogen-bond acceptors (Lipinski definition) is 4. The first-order valence-corrected chi connectivity index (χ1v) is 9.11. The van der Waals surface area contributed by atoms with Crippen LogP contribution in [0.2, 0.25) is 0 Å². The van der Waals surface area contributed by atoms with E-state index >= 15 is 0 Å². The van der Waals surface area contributed by atoms with E-state index in [0.29, 0.717) is 9.77 Å². The maximum atomic E-state index is 12.5. The Morgan fingerprint density at radius 1 is 1.33 bits per heavy atom. The zero-order valence-corrected chi connectivity index (χ0v) is 14.7. The average Bonchev–Trinajstić information content (AvgIpc) is 2.80. The summed E-state index contributed by atoms with van der Waals surface area (Å²) in [6.45, 7) is 2.13. The van der Waals surface area contributed by atoms with E-state index in [1.54, 1.807) is 37.4 Å². The fourth-order valence-electron chi connectivity index (χ4n) is 1.74. The molecule has 7 heteroatoms. The largest absolute Gasteiger partial charge is 0.252 e. The number of thiophene rings is 1. The molecule has 0 fully saturated rings. The molecular formula is C14H13BrN2O2S2. The van der Waals surface area contributed by atoms with Crippen molar-refractivity contribution in [3.8, 4) is 6.07 Å². The van der Waals surface area contributed by atoms with Crippen LogP contribution in [-0.2, 0) is 16.6 Å². The van der Waals surface area contributed by atoms with Gasteiger partial charge in [0.2, 0.25) is 0 Å². The zero-order valence-electron chi connectivity index (χ0n) is 11.5. The van der Waals surface area contributed by atoms with Crippen molar-refractivity contribution < 1.29 is 8.42 Å². The Morgan fingerprint density at radius 3 is 2.43 bits per heavy atom. The van der Waals surface area contributed by atoms with Crippen LogP contribution < -0.4 is 0 Å². The van der Waals surface area contributed by atoms with E-state index < -0.39 is 10.0 Å². The Hall–Kier alpha value is -1.20. The SMILES string of the molecule is Cc1cc(S(=O)(=O)N(C)Cc2ccc(C#N)cc2)sc1Br. The van der Waals surface area contributed by atoms with E-state index in [1.165, 1.54) is 15.6 Å². The van der Waals surface area contributed by atoms with Crippen LogP contribution in [0.5, 0.6) is 0 Å². The summed E-state index contributed by atoms with van der Waals surface area (Å²) in [6, 6.07) is 10.6. The van der Waals surface area contributed by atoms with E-state index in [2.05, 4.69) is 15.9 Å². The third kappa shape index (κ3) is 3.52. The van der Waals surface area contributed by atoms with Gasteiger partial charge >= 0.3 is 0 Å². The van der Waals surface area contributed by atoms with Gasteiger partial charge in [-0.25, -0.2) is 8.42 Å². The van der Waals surface area contributed by atoms with Gasteiger partial charge in [0.1, 0.15) is 4.21 Å². The van der Waals surface area contributed by atoms with Gasteiger partial charge in [-0.05, 0) is 52.2 Å². The van der Waals surface area contributed by atoms with Gasteiger partial charge in [0.15, 0.2) is 0 Å². The molecule has 0 N–H and O–H groups in total. The van der Waals surface area contributed by atoms with Crippen LogP contribution in [0.3, 0.4) is 0 Å². The van der Waals surface area contributed by atoms with Crippen molar-refractivity contribution in [3.05, 3.63) is 50.8 Å². The quantitative estimate of drug-likeness (QED) is 0.809. The molecule has 1 heterocycles. The van der Waals surface area contributed by atoms with Gasteiger partial charge in [-0.3, -0.25) is 0 Å². The van der Waals surface area contributed by atoms with Crippen LogP contribution >= 0.6 is 27.3 Å². The molecule has 0 saturated carbocycles. The first-order valence-electron chi connectivity index (χ1n) is 6.06. The summed E-state index contributed by atoms with van der Waals surface area (Å²) in [5.41, 5.74) is 2.31. The van der Waals surface area contributed by atoms with Gasteiger partial charge in [0.05, 0.1) is 15.4 Å². The lowest BCUT2D eigenvalue weighted by Crippen LogP contribution is -2.25. The van der Waals surface area contributed by atoms with E-state index in [0.717, 1.165) is 14.9 Å². The smallest absolute Gasteiger partial charge is 0.206 e. The number of benzene rings is 1. The lowest BCUT2D eigenvalue weighted by atomic mass is 10.1. The molecule has 0 saturated heterocycles. The van der Waals surface area contributed by atoms with Crippen LogP contribution in [0, 0.1) is 18.3 Å². The molecule has 4 nitrogen and oxygen atoms in total. The molecule has 0 amide bonds. The molecule has 110 valence electrons. The van der Waals surface area contributed by atoms with Crippen LogP contribution in [0.1, 0.15) is 16.7 Å². The van der Waals surface area contributed by atoms with Crippen molar-refractivity contribution in [1.29, 1.82) is 5.26 Å². The molecule has 0 radical (unpaired) electrons. The Kier molecular flexibility index (Phi) is 4.84. The summed E-state index contributed by atoms with van der Waals surface area (Å²) in [5, 5.41) is 8.76. The van der Waals surface area contributed by atoms with Gasteiger partial charge in [0.25, 0.3) is 10.0 Å². The number of hydrogen-bond donors (Lipinski definition) is 0. The van der Waals surface area contributed by atoms with Crippen molar-refractivity contribution in [2.24, 2.45) is 0 Å². The molecule has 2 aromatic rings. The summed E-state index contributed by atoms with van der Waals surface area (Å²) in [4.78, 5) is 0. The summed E-state index contributed by atoms with van der Waals surface area (Å²) in [6.07, 6.45) is 0. The second-order valence-electron chi connectivity index (χ2n) is 4.59. The lowest BCUT2D eigenvalue weighted by molar-refractivity contribution is 0.468. The lowest BCUT2D eigenvalue weighted by Gasteiger charge is -2.16. The fraction of sp³-hybridized carbons (Fsp3) is 0.214. The van der Waals surface area contributed by atoms with Crippen molar-refractivity contribution in [1.82, 2.24) is 4.31 Å². The topological polar surface area (TPSA) is 61.2 Å². The number of halogens is 1. The number of aryl methyl sites for hydroxylation is 1. The predicted molar refractivity (Wildman–Crippen MR) is 86.6 cm³/mol. The Morgan fingerprint density at radius 2 is 1.95 bits per heavy atom. The highest BCUT2D eigenvalue weighted by atomic mass is 79.9. The van der Waals surface area contributed by atoms with Crippen LogP contribution in [0.25, 0.3) is 0 Å². The van der Waals surface area contributed by atoms with Gasteiger partial charge in [0, 0.05) is 13.6 Å². The Balaban J connectivity index is 2.22. The van der Waals surface area contributed by atoms with Gasteiger partial charge < -0.3 is 0 Å². The normalized spacial score (nSPS) is 11.6. The van der Waals surface area contributed by atoms with E-state index in [1.807, 2.05) is 13.0 Å². The number of rotatable bonds is 4. The third-order valence-corrected chi connectivity index (χ3v) is 7.38. The number of nitriles is 1. The van der Waals surface area contributed by atoms with E-state index in [-0.39, 0.29) is 6.54 Å². The average molecular weight is 385 g/mol. The molecule has 1 aromatic heterocycles. The fourth-order valence-corrected chi connectivity index (χ4v) is 5.34. The summed E-state index contributed by atoms with van der Waals surface area (Å²) < 4.78 is 27.4. The van der Waals surface area contributed by atoms with Gasteiger partial charge in [-0.15, -0.1) is 11.3 Å². The standard InChI is InChI=1S/C14H13BrN2O2S2/c1-10-7-13(20-14(10)15)21(18,19)17(2)9-12-5-3-11(8-16)4-6-12/h3-7H,9H2,1-2H3. The third-order valence-electron chi connectivity index (χ3n) is 2.99. The predicted octanol–water partition coefficient (Wildman–Crippen LogP) is 3.51. The molecule has 0 unspecified atom stereocenters. The molecule has 1 aromatic carbocycles. The molecule has 21 heavy (non-hydrogen) atoms. The minimum Gasteiger partial charge on any atom is -0.206 e. The first kappa shape index (κ1) is 16.2. The highest BCUT2D eigenvalue weighted by Gasteiger charge is 2.23. The Bertz CT molecular complexity index is 770. The molecule has 0 aliphatic heterocycles. The van der Waals surface area contributed by atoms with Crippen LogP contribution in [-0.4, -0.2) is 19.8 Å². The second kappa shape index (κ2) is 6.28. The minimum atomic E-state index is -3.50. The molecular weight excluding hydrogens is 372 g/mol. The molecule has 0 spiro atoms. The zero-order chi connectivity index (χ0) is 15.6. The number of sulfonamides is 1. The maximum Gasteiger partial charge on any atom is 0.252 e. The second-order valence-corrected chi connectivity index (χ2v) is 9.23. The molecule has 0 bridgehead atoms. The maximum absolute atomic E-state index is 12.5. The summed E-state index contributed by atoms with van der Waals surface area (Å²) in [7, 11) is -1.95. The monoisotopic (exact) mass is 384 g/mol. The van der Waals surface area contributed by atoms with E-state index in [9.17, 15) is 8.42 Å². The summed E-state index contributed by atoms with van der Waals surface area (Å²) >= 11 is 4.56. The molecule has 2 rings (SSSR count). The highest BCUT2D eigenvalue weighted by molar-refractivity contribution is 9.11. The van der Waals surface area contributed by atoms with Crippen LogP contribution in [0.15, 0.2) is 38.3 Å². The molecule has 0 atom stereocenters. The van der Waals surface area contributed by atoms with Crippen molar-refractivity contribution >= 4 is 37.3 Å².